The van der Waals surface area contributed by atoms with Gasteiger partial charge in [0.25, 0.3) is 0 Å². The van der Waals surface area contributed by atoms with E-state index >= 15 is 0 Å². The summed E-state index contributed by atoms with van der Waals surface area (Å²) in [6.07, 6.45) is 16.3. The van der Waals surface area contributed by atoms with Gasteiger partial charge in [0.1, 0.15) is 0 Å². The molecule has 4 unspecified atom stereocenters. The molecule has 0 heterocycles. The number of aliphatic carboxylic acids is 1. The van der Waals surface area contributed by atoms with Crippen molar-refractivity contribution in [1.82, 2.24) is 0 Å². The summed E-state index contributed by atoms with van der Waals surface area (Å²) in [4.78, 5) is 11.0. The smallest absolute Gasteiger partial charge is 0.303 e. The Kier molecular flexibility index (Phi) is 4.77. The third-order valence-corrected chi connectivity index (χ3v) is 9.59. The summed E-state index contributed by atoms with van der Waals surface area (Å²) in [6, 6.07) is 0. The predicted octanol–water partition coefficient (Wildman–Crippen LogP) is 6.46. The van der Waals surface area contributed by atoms with Crippen molar-refractivity contribution in [2.24, 2.45) is 40.4 Å². The number of hydrogen-bond donors (Lipinski definition) is 1. The molecule has 26 heavy (non-hydrogen) atoms. The molecular weight excluding hydrogens is 320 g/mol. The van der Waals surface area contributed by atoms with Crippen LogP contribution in [0.25, 0.3) is 0 Å². The zero-order valence-corrected chi connectivity index (χ0v) is 17.1. The molecule has 7 atom stereocenters. The molecule has 0 aromatic carbocycles. The van der Waals surface area contributed by atoms with E-state index in [1.165, 1.54) is 57.8 Å². The number of hydrogen-bond acceptors (Lipinski definition) is 1. The molecule has 0 aromatic rings. The molecule has 0 spiro atoms. The molecule has 1 N–H and O–H groups in total. The van der Waals surface area contributed by atoms with Crippen molar-refractivity contribution in [2.75, 3.05) is 0 Å². The molecule has 0 bridgehead atoms. The molecule has 3 fully saturated rings. The summed E-state index contributed by atoms with van der Waals surface area (Å²) >= 11 is 0. The molecule has 3 saturated carbocycles. The third kappa shape index (κ3) is 2.78. The molecule has 2 heteroatoms. The summed E-state index contributed by atoms with van der Waals surface area (Å²) in [5.41, 5.74) is 2.75. The van der Waals surface area contributed by atoms with Gasteiger partial charge in [0.2, 0.25) is 0 Å². The molecular formula is C24H38O2. The minimum atomic E-state index is -0.629. The lowest BCUT2D eigenvalue weighted by atomic mass is 9.47. The maximum absolute atomic E-state index is 11.0. The van der Waals surface area contributed by atoms with Crippen LogP contribution < -0.4 is 0 Å². The minimum absolute atomic E-state index is 0.342. The van der Waals surface area contributed by atoms with E-state index in [1.54, 1.807) is 5.57 Å². The number of carbonyl (C=O) groups is 1. The highest BCUT2D eigenvalue weighted by Gasteiger charge is 2.58. The van der Waals surface area contributed by atoms with Gasteiger partial charge < -0.3 is 5.11 Å². The third-order valence-electron chi connectivity index (χ3n) is 9.59. The Morgan fingerprint density at radius 3 is 2.77 bits per heavy atom. The average Bonchev–Trinajstić information content (AvgIpc) is 2.96. The van der Waals surface area contributed by atoms with Gasteiger partial charge in [-0.25, -0.2) is 0 Å². The van der Waals surface area contributed by atoms with Gasteiger partial charge in [-0.3, -0.25) is 4.79 Å². The fourth-order valence-corrected chi connectivity index (χ4v) is 8.23. The first kappa shape index (κ1) is 18.6. The highest BCUT2D eigenvalue weighted by molar-refractivity contribution is 5.66. The quantitative estimate of drug-likeness (QED) is 0.586. The SMILES string of the molecule is C[C@H](CCC(=O)O)C1CCC2C3CC=C4CCCC[C@]4(C)C3CC[C@@]21C. The zero-order chi connectivity index (χ0) is 18.5. The maximum atomic E-state index is 11.0. The van der Waals surface area contributed by atoms with Crippen molar-refractivity contribution >= 4 is 5.97 Å². The molecule has 0 radical (unpaired) electrons. The number of fused-ring (bicyclic) bond motifs is 5. The van der Waals surface area contributed by atoms with Gasteiger partial charge in [-0.05, 0) is 98.2 Å². The Hall–Kier alpha value is -0.790. The van der Waals surface area contributed by atoms with Gasteiger partial charge in [-0.1, -0.05) is 38.8 Å². The fourth-order valence-electron chi connectivity index (χ4n) is 8.23. The Labute approximate surface area is 159 Å². The molecule has 2 nitrogen and oxygen atoms in total. The van der Waals surface area contributed by atoms with Gasteiger partial charge >= 0.3 is 5.97 Å². The summed E-state index contributed by atoms with van der Waals surface area (Å²) in [5.74, 6) is 3.33. The number of allylic oxidation sites excluding steroid dienone is 2. The van der Waals surface area contributed by atoms with Crippen LogP contribution in [0.15, 0.2) is 11.6 Å². The second-order valence-corrected chi connectivity index (χ2v) is 10.6. The van der Waals surface area contributed by atoms with Crippen LogP contribution in [0.2, 0.25) is 0 Å². The normalized spacial score (nSPS) is 45.9. The van der Waals surface area contributed by atoms with Crippen LogP contribution in [0.5, 0.6) is 0 Å². The van der Waals surface area contributed by atoms with Crippen molar-refractivity contribution in [3.8, 4) is 0 Å². The van der Waals surface area contributed by atoms with Crippen LogP contribution in [0.3, 0.4) is 0 Å². The first-order valence-corrected chi connectivity index (χ1v) is 11.3. The van der Waals surface area contributed by atoms with E-state index in [-0.39, 0.29) is 0 Å². The molecule has 0 amide bonds. The Bertz CT molecular complexity index is 593. The van der Waals surface area contributed by atoms with Crippen molar-refractivity contribution in [3.63, 3.8) is 0 Å². The first-order valence-electron chi connectivity index (χ1n) is 11.3. The molecule has 4 aliphatic rings. The lowest BCUT2D eigenvalue weighted by Crippen LogP contribution is -2.50. The van der Waals surface area contributed by atoms with E-state index in [0.29, 0.717) is 23.2 Å². The van der Waals surface area contributed by atoms with Crippen molar-refractivity contribution < 1.29 is 9.90 Å². The van der Waals surface area contributed by atoms with Crippen molar-refractivity contribution in [3.05, 3.63) is 11.6 Å². The Morgan fingerprint density at radius 2 is 2.00 bits per heavy atom. The number of carboxylic acids is 1. The second kappa shape index (κ2) is 6.67. The standard InChI is InChI=1S/C24H38O2/c1-16(7-12-22(25)26)19-10-11-20-18-9-8-17-6-4-5-14-23(17,2)21(18)13-15-24(19,20)3/h8,16,18-21H,4-7,9-15H2,1-3H3,(H,25,26)/t16-,18?,19?,20?,21?,23+,24-/m1/s1. The van der Waals surface area contributed by atoms with E-state index < -0.39 is 5.97 Å². The number of rotatable bonds is 4. The van der Waals surface area contributed by atoms with Crippen LogP contribution in [0.1, 0.15) is 91.4 Å². The van der Waals surface area contributed by atoms with Gasteiger partial charge in [-0.15, -0.1) is 0 Å². The van der Waals surface area contributed by atoms with E-state index in [4.69, 9.17) is 5.11 Å². The highest BCUT2D eigenvalue weighted by atomic mass is 16.4. The van der Waals surface area contributed by atoms with Gasteiger partial charge in [-0.2, -0.15) is 0 Å². The maximum Gasteiger partial charge on any atom is 0.303 e. The molecule has 146 valence electrons. The van der Waals surface area contributed by atoms with Crippen LogP contribution in [-0.4, -0.2) is 11.1 Å². The lowest BCUT2D eigenvalue weighted by Gasteiger charge is -2.58. The highest BCUT2D eigenvalue weighted by Crippen LogP contribution is 2.67. The van der Waals surface area contributed by atoms with Crippen LogP contribution in [-0.2, 0) is 4.79 Å². The molecule has 0 saturated heterocycles. The fraction of sp³-hybridized carbons (Fsp3) is 0.875. The molecule has 0 aliphatic heterocycles. The van der Waals surface area contributed by atoms with Crippen LogP contribution in [0.4, 0.5) is 0 Å². The van der Waals surface area contributed by atoms with Crippen molar-refractivity contribution in [1.29, 1.82) is 0 Å². The minimum Gasteiger partial charge on any atom is -0.481 e. The Morgan fingerprint density at radius 1 is 1.19 bits per heavy atom. The van der Waals surface area contributed by atoms with Crippen LogP contribution in [0, 0.1) is 40.4 Å². The lowest BCUT2D eigenvalue weighted by molar-refractivity contribution is -0.137. The van der Waals surface area contributed by atoms with Crippen LogP contribution >= 0.6 is 0 Å². The van der Waals surface area contributed by atoms with Gasteiger partial charge in [0.15, 0.2) is 0 Å². The van der Waals surface area contributed by atoms with E-state index in [2.05, 4.69) is 26.8 Å². The average molecular weight is 359 g/mol. The topological polar surface area (TPSA) is 37.3 Å². The Balaban J connectivity index is 1.54. The van der Waals surface area contributed by atoms with E-state index in [0.717, 1.165) is 30.1 Å². The molecule has 4 rings (SSSR count). The second-order valence-electron chi connectivity index (χ2n) is 10.6. The monoisotopic (exact) mass is 358 g/mol. The predicted molar refractivity (Wildman–Crippen MR) is 106 cm³/mol. The van der Waals surface area contributed by atoms with E-state index in [1.807, 2.05) is 0 Å². The summed E-state index contributed by atoms with van der Waals surface area (Å²) < 4.78 is 0. The van der Waals surface area contributed by atoms with E-state index in [9.17, 15) is 4.79 Å². The summed E-state index contributed by atoms with van der Waals surface area (Å²) in [5, 5.41) is 9.09. The summed E-state index contributed by atoms with van der Waals surface area (Å²) in [6.45, 7) is 7.50. The molecule has 0 aromatic heterocycles. The molecule has 4 aliphatic carbocycles. The number of carboxylic acid groups (broad SMARTS) is 1. The van der Waals surface area contributed by atoms with Gasteiger partial charge in [0.05, 0.1) is 0 Å². The van der Waals surface area contributed by atoms with Gasteiger partial charge in [0, 0.05) is 6.42 Å². The largest absolute Gasteiger partial charge is 0.481 e. The van der Waals surface area contributed by atoms with Crippen molar-refractivity contribution in [2.45, 2.75) is 91.4 Å². The summed E-state index contributed by atoms with van der Waals surface area (Å²) in [7, 11) is 0. The first-order chi connectivity index (χ1) is 12.4. The zero-order valence-electron chi connectivity index (χ0n) is 17.1.